The molecule has 0 saturated carbocycles. The van der Waals surface area contributed by atoms with Gasteiger partial charge in [0.05, 0.1) is 42.9 Å². The average Bonchev–Trinajstić information content (AvgIpc) is 3.60. The number of nitrogens with zero attached hydrogens (tertiary/aromatic N) is 3. The van der Waals surface area contributed by atoms with Gasteiger partial charge in [0.15, 0.2) is 5.65 Å². The molecule has 0 bridgehead atoms. The number of amides is 2. The van der Waals surface area contributed by atoms with E-state index in [-0.39, 0.29) is 48.7 Å². The van der Waals surface area contributed by atoms with Gasteiger partial charge in [0.25, 0.3) is 11.8 Å². The van der Waals surface area contributed by atoms with E-state index in [1.807, 2.05) is 13.8 Å². The Bertz CT molecular complexity index is 1890. The number of hydrogen-bond acceptors (Lipinski definition) is 8. The van der Waals surface area contributed by atoms with Crippen molar-refractivity contribution >= 4 is 40.8 Å². The number of carboxylic acid groups (broad SMARTS) is 2. The van der Waals surface area contributed by atoms with Crippen LogP contribution in [0.15, 0.2) is 60.7 Å². The number of anilines is 2. The summed E-state index contributed by atoms with van der Waals surface area (Å²) in [5.41, 5.74) is 4.47. The first kappa shape index (κ1) is 32.2. The van der Waals surface area contributed by atoms with Gasteiger partial charge < -0.3 is 30.3 Å². The van der Waals surface area contributed by atoms with Crippen LogP contribution in [0.1, 0.15) is 50.5 Å². The topological polar surface area (TPSA) is 197 Å². The fourth-order valence-electron chi connectivity index (χ4n) is 4.76. The van der Waals surface area contributed by atoms with Gasteiger partial charge in [0.2, 0.25) is 0 Å². The number of aliphatic carboxylic acids is 2. The number of aromatic nitrogens is 4. The largest absolute Gasteiger partial charge is 0.492 e. The molecule has 3 aromatic carbocycles. The Morgan fingerprint density at radius 3 is 1.70 bits per heavy atom. The van der Waals surface area contributed by atoms with Crippen LogP contribution in [0.25, 0.3) is 16.9 Å². The van der Waals surface area contributed by atoms with Crippen LogP contribution in [0.2, 0.25) is 0 Å². The molecule has 0 aliphatic carbocycles. The molecule has 0 fully saturated rings. The summed E-state index contributed by atoms with van der Waals surface area (Å²) in [7, 11) is 0. The van der Waals surface area contributed by atoms with Gasteiger partial charge >= 0.3 is 11.9 Å². The molecule has 0 saturated heterocycles. The molecule has 0 radical (unpaired) electrons. The van der Waals surface area contributed by atoms with Crippen molar-refractivity contribution in [1.82, 2.24) is 19.8 Å². The van der Waals surface area contributed by atoms with Gasteiger partial charge in [-0.05, 0) is 63.2 Å². The number of H-pyrrole nitrogens is 1. The van der Waals surface area contributed by atoms with Crippen LogP contribution in [0.4, 0.5) is 11.4 Å². The van der Waals surface area contributed by atoms with Crippen molar-refractivity contribution in [3.63, 3.8) is 0 Å². The Kier molecular flexibility index (Phi) is 9.50. The van der Waals surface area contributed by atoms with E-state index in [1.165, 1.54) is 0 Å². The lowest BCUT2D eigenvalue weighted by atomic mass is 10.1. The predicted molar refractivity (Wildman–Crippen MR) is 171 cm³/mol. The lowest BCUT2D eigenvalue weighted by Crippen LogP contribution is -2.17. The summed E-state index contributed by atoms with van der Waals surface area (Å²) in [5, 5.41) is 35.1. The number of nitrogens with one attached hydrogen (secondary N) is 3. The number of aromatic amines is 1. The highest BCUT2D eigenvalue weighted by molar-refractivity contribution is 6.09. The maximum absolute atomic E-state index is 13.6. The van der Waals surface area contributed by atoms with Gasteiger partial charge in [-0.25, -0.2) is 4.52 Å². The van der Waals surface area contributed by atoms with Gasteiger partial charge in [0.1, 0.15) is 17.3 Å². The van der Waals surface area contributed by atoms with E-state index in [9.17, 15) is 19.2 Å². The lowest BCUT2D eigenvalue weighted by Gasteiger charge is -2.15. The summed E-state index contributed by atoms with van der Waals surface area (Å²) in [6.45, 7) is 5.19. The van der Waals surface area contributed by atoms with Gasteiger partial charge in [-0.2, -0.15) is 0 Å². The Morgan fingerprint density at radius 1 is 0.723 bits per heavy atom. The third kappa shape index (κ3) is 7.92. The molecule has 14 nitrogen and oxygen atoms in total. The third-order valence-electron chi connectivity index (χ3n) is 7.02. The molecule has 5 aromatic rings. The molecule has 2 heterocycles. The molecule has 47 heavy (non-hydrogen) atoms. The zero-order valence-electron chi connectivity index (χ0n) is 25.8. The van der Waals surface area contributed by atoms with Gasteiger partial charge in [-0.3, -0.25) is 24.3 Å². The van der Waals surface area contributed by atoms with Crippen LogP contribution >= 0.6 is 0 Å². The number of carbonyl (C=O) groups is 4. The Hall–Kier alpha value is -6.18. The molecule has 242 valence electrons. The van der Waals surface area contributed by atoms with Crippen molar-refractivity contribution in [2.45, 2.75) is 33.6 Å². The van der Waals surface area contributed by atoms with Crippen molar-refractivity contribution < 1.29 is 38.9 Å². The zero-order valence-corrected chi connectivity index (χ0v) is 25.8. The highest BCUT2D eigenvalue weighted by Gasteiger charge is 2.19. The number of fused-ring (bicyclic) bond motifs is 1. The smallest absolute Gasteiger partial charge is 0.306 e. The normalized spacial score (nSPS) is 10.9. The standard InChI is InChI=1S/C33H32N6O8/c1-18-4-6-27(46-10-8-30(40)41)24(12-18)32(44)34-22-14-21(26-17-29-37-36-20(3)39(29)38-26)15-23(16-22)35-33(45)25-13-19(2)5-7-28(25)47-11-9-31(42)43/h4-7,12-17,38H,8-11H2,1-3H3,(H,34,44)(H,35,45)(H,40,41)(H,42,43). The average molecular weight is 641 g/mol. The Labute approximate surface area is 268 Å². The molecule has 14 heteroatoms. The van der Waals surface area contributed by atoms with Crippen molar-refractivity contribution in [2.24, 2.45) is 0 Å². The van der Waals surface area contributed by atoms with Gasteiger partial charge in [0, 0.05) is 23.0 Å². The molecule has 5 N–H and O–H groups in total. The fourth-order valence-corrected chi connectivity index (χ4v) is 4.76. The summed E-state index contributed by atoms with van der Waals surface area (Å²) in [6, 6.07) is 16.8. The van der Waals surface area contributed by atoms with Gasteiger partial charge in [-0.1, -0.05) is 23.3 Å². The van der Waals surface area contributed by atoms with Crippen LogP contribution in [0.3, 0.4) is 0 Å². The number of aryl methyl sites for hydroxylation is 3. The second-order valence-electron chi connectivity index (χ2n) is 10.8. The van der Waals surface area contributed by atoms with E-state index >= 15 is 0 Å². The predicted octanol–water partition coefficient (Wildman–Crippen LogP) is 4.86. The monoisotopic (exact) mass is 640 g/mol. The summed E-state index contributed by atoms with van der Waals surface area (Å²) >= 11 is 0. The second kappa shape index (κ2) is 13.9. The first-order valence-corrected chi connectivity index (χ1v) is 14.6. The van der Waals surface area contributed by atoms with E-state index in [0.29, 0.717) is 34.1 Å². The molecule has 2 aromatic heterocycles. The molecule has 0 aliphatic rings. The summed E-state index contributed by atoms with van der Waals surface area (Å²) in [6.07, 6.45) is -0.468. The van der Waals surface area contributed by atoms with E-state index in [2.05, 4.69) is 25.9 Å². The molecule has 0 aliphatic heterocycles. The fraction of sp³-hybridized carbons (Fsp3) is 0.212. The van der Waals surface area contributed by atoms with E-state index in [1.54, 1.807) is 72.1 Å². The third-order valence-corrected chi connectivity index (χ3v) is 7.02. The minimum Gasteiger partial charge on any atom is -0.492 e. The number of carboxylic acids is 2. The number of ether oxygens (including phenoxy) is 2. The summed E-state index contributed by atoms with van der Waals surface area (Å²) in [4.78, 5) is 49.1. The molecular weight excluding hydrogens is 608 g/mol. The van der Waals surface area contributed by atoms with Crippen LogP contribution in [-0.2, 0) is 9.59 Å². The maximum atomic E-state index is 13.6. The van der Waals surface area contributed by atoms with E-state index < -0.39 is 23.8 Å². The Balaban J connectivity index is 1.48. The minimum absolute atomic E-state index is 0.117. The molecule has 5 rings (SSSR count). The number of carbonyl (C=O) groups excluding carboxylic acids is 2. The molecule has 0 atom stereocenters. The highest BCUT2D eigenvalue weighted by Crippen LogP contribution is 2.30. The highest BCUT2D eigenvalue weighted by atomic mass is 16.5. The summed E-state index contributed by atoms with van der Waals surface area (Å²) < 4.78 is 12.9. The van der Waals surface area contributed by atoms with Crippen molar-refractivity contribution in [3.8, 4) is 22.8 Å². The first-order chi connectivity index (χ1) is 22.5. The number of rotatable bonds is 13. The van der Waals surface area contributed by atoms with Crippen molar-refractivity contribution in [1.29, 1.82) is 0 Å². The molecule has 2 amide bonds. The van der Waals surface area contributed by atoms with Crippen molar-refractivity contribution in [3.05, 3.63) is 88.7 Å². The van der Waals surface area contributed by atoms with Crippen LogP contribution in [0.5, 0.6) is 11.5 Å². The number of benzene rings is 3. The summed E-state index contributed by atoms with van der Waals surface area (Å²) in [5.74, 6) is -1.99. The zero-order chi connectivity index (χ0) is 33.7. The molecule has 0 spiro atoms. The second-order valence-corrected chi connectivity index (χ2v) is 10.8. The van der Waals surface area contributed by atoms with E-state index in [0.717, 1.165) is 11.1 Å². The van der Waals surface area contributed by atoms with Crippen LogP contribution in [0, 0.1) is 20.8 Å². The Morgan fingerprint density at radius 2 is 1.23 bits per heavy atom. The van der Waals surface area contributed by atoms with Crippen LogP contribution in [-0.4, -0.2) is 67.0 Å². The SMILES string of the molecule is Cc1ccc(OCCC(=O)O)c(C(=O)Nc2cc(NC(=O)c3cc(C)ccc3OCCC(=O)O)cc(-c3cc4nnc(C)n4[nH]3)c2)c1. The maximum Gasteiger partial charge on any atom is 0.306 e. The first-order valence-electron chi connectivity index (χ1n) is 14.6. The molecular formula is C33H32N6O8. The van der Waals surface area contributed by atoms with Crippen molar-refractivity contribution in [2.75, 3.05) is 23.8 Å². The minimum atomic E-state index is -1.03. The van der Waals surface area contributed by atoms with Gasteiger partial charge in [-0.15, -0.1) is 10.2 Å². The van der Waals surface area contributed by atoms with Crippen LogP contribution < -0.4 is 20.1 Å². The van der Waals surface area contributed by atoms with E-state index in [4.69, 9.17) is 19.7 Å². The quantitative estimate of drug-likeness (QED) is 0.118. The lowest BCUT2D eigenvalue weighted by molar-refractivity contribution is -0.138. The number of hydrogen-bond donors (Lipinski definition) is 5. The molecule has 0 unspecified atom stereocenters.